The predicted octanol–water partition coefficient (Wildman–Crippen LogP) is 2.08. The highest BCUT2D eigenvalue weighted by Gasteiger charge is 2.45. The molecule has 178 valence electrons. The quantitative estimate of drug-likeness (QED) is 0.377. The lowest BCUT2D eigenvalue weighted by Crippen LogP contribution is -2.50. The summed E-state index contributed by atoms with van der Waals surface area (Å²) in [5, 5.41) is 14.2. The first kappa shape index (κ1) is 23.5. The normalized spacial score (nSPS) is 17.9. The highest BCUT2D eigenvalue weighted by molar-refractivity contribution is 6.24. The second-order valence-electron chi connectivity index (χ2n) is 8.43. The van der Waals surface area contributed by atoms with Gasteiger partial charge in [-0.2, -0.15) is 0 Å². The molecule has 4 rings (SSSR count). The standard InChI is InChI=1S/C24H26N4O6/c1-15-6-8-17(9-7-15)20(26-10-12-34-13-11-26)14-25-22(29)16(2)27-23(30)18-4-3-5-19(28(32)33)21(18)24(27)31/h3-9,16,20H,10-14H2,1-2H3,(H,25,29). The number of nitro benzene ring substituents is 1. The van der Waals surface area contributed by atoms with E-state index in [1.807, 2.05) is 31.2 Å². The van der Waals surface area contributed by atoms with Gasteiger partial charge in [0.05, 0.1) is 29.7 Å². The minimum Gasteiger partial charge on any atom is -0.379 e. The number of carbonyl (C=O) groups excluding carboxylic acids is 3. The van der Waals surface area contributed by atoms with Crippen LogP contribution in [0.2, 0.25) is 0 Å². The van der Waals surface area contributed by atoms with Gasteiger partial charge in [0.25, 0.3) is 17.5 Å². The molecular formula is C24H26N4O6. The van der Waals surface area contributed by atoms with Gasteiger partial charge in [-0.15, -0.1) is 0 Å². The molecule has 2 aromatic carbocycles. The summed E-state index contributed by atoms with van der Waals surface area (Å²) in [7, 11) is 0. The van der Waals surface area contributed by atoms with Gasteiger partial charge in [-0.3, -0.25) is 34.3 Å². The molecule has 34 heavy (non-hydrogen) atoms. The highest BCUT2D eigenvalue weighted by Crippen LogP contribution is 2.32. The van der Waals surface area contributed by atoms with E-state index < -0.39 is 34.4 Å². The summed E-state index contributed by atoms with van der Waals surface area (Å²) >= 11 is 0. The van der Waals surface area contributed by atoms with Crippen LogP contribution in [0.1, 0.15) is 44.8 Å². The molecule has 1 saturated heterocycles. The Labute approximate surface area is 196 Å². The number of morpholine rings is 1. The van der Waals surface area contributed by atoms with Crippen molar-refractivity contribution in [2.24, 2.45) is 0 Å². The number of carbonyl (C=O) groups is 3. The number of nitro groups is 1. The van der Waals surface area contributed by atoms with Crippen molar-refractivity contribution in [2.75, 3.05) is 32.8 Å². The number of nitrogens with one attached hydrogen (secondary N) is 1. The summed E-state index contributed by atoms with van der Waals surface area (Å²) in [5.41, 5.74) is 1.38. The van der Waals surface area contributed by atoms with E-state index in [4.69, 9.17) is 4.74 Å². The monoisotopic (exact) mass is 466 g/mol. The SMILES string of the molecule is Cc1ccc(C(CNC(=O)C(C)N2C(=O)c3cccc([N+](=O)[O-])c3C2=O)N2CCOCC2)cc1. The van der Waals surface area contributed by atoms with Gasteiger partial charge in [0.2, 0.25) is 5.91 Å². The van der Waals surface area contributed by atoms with Crippen LogP contribution < -0.4 is 5.32 Å². The van der Waals surface area contributed by atoms with Crippen LogP contribution in [0, 0.1) is 17.0 Å². The number of nitrogens with zero attached hydrogens (tertiary/aromatic N) is 3. The summed E-state index contributed by atoms with van der Waals surface area (Å²) in [4.78, 5) is 52.4. The summed E-state index contributed by atoms with van der Waals surface area (Å²) in [6, 6.07) is 10.7. The molecule has 2 unspecified atom stereocenters. The van der Waals surface area contributed by atoms with Crippen molar-refractivity contribution in [3.8, 4) is 0 Å². The van der Waals surface area contributed by atoms with Gasteiger partial charge in [-0.1, -0.05) is 35.9 Å². The van der Waals surface area contributed by atoms with Crippen LogP contribution in [-0.4, -0.2) is 71.3 Å². The number of fused-ring (bicyclic) bond motifs is 1. The van der Waals surface area contributed by atoms with Crippen molar-refractivity contribution in [1.82, 2.24) is 15.1 Å². The molecule has 2 atom stereocenters. The number of rotatable bonds is 7. The first-order chi connectivity index (χ1) is 16.3. The molecule has 2 heterocycles. The molecule has 10 nitrogen and oxygen atoms in total. The van der Waals surface area contributed by atoms with Gasteiger partial charge in [0, 0.05) is 25.7 Å². The number of benzene rings is 2. The zero-order valence-electron chi connectivity index (χ0n) is 19.0. The Kier molecular flexibility index (Phi) is 6.71. The Morgan fingerprint density at radius 3 is 2.44 bits per heavy atom. The number of amides is 3. The molecule has 0 aromatic heterocycles. The first-order valence-corrected chi connectivity index (χ1v) is 11.1. The molecular weight excluding hydrogens is 440 g/mol. The minimum atomic E-state index is -1.13. The maximum absolute atomic E-state index is 13.0. The molecule has 0 saturated carbocycles. The fourth-order valence-electron chi connectivity index (χ4n) is 4.39. The lowest BCUT2D eigenvalue weighted by molar-refractivity contribution is -0.385. The van der Waals surface area contributed by atoms with Gasteiger partial charge in [-0.05, 0) is 25.5 Å². The maximum Gasteiger partial charge on any atom is 0.282 e. The Morgan fingerprint density at radius 2 is 1.79 bits per heavy atom. The number of hydrogen-bond donors (Lipinski definition) is 1. The van der Waals surface area contributed by atoms with Crippen LogP contribution in [0.5, 0.6) is 0 Å². The van der Waals surface area contributed by atoms with Gasteiger partial charge in [0.15, 0.2) is 0 Å². The van der Waals surface area contributed by atoms with Gasteiger partial charge in [0.1, 0.15) is 11.6 Å². The highest BCUT2D eigenvalue weighted by atomic mass is 16.6. The zero-order valence-corrected chi connectivity index (χ0v) is 19.0. The smallest absolute Gasteiger partial charge is 0.282 e. The molecule has 2 aromatic rings. The second-order valence-corrected chi connectivity index (χ2v) is 8.43. The van der Waals surface area contributed by atoms with E-state index in [2.05, 4.69) is 10.2 Å². The average molecular weight is 466 g/mol. The molecule has 1 N–H and O–H groups in total. The summed E-state index contributed by atoms with van der Waals surface area (Å²) in [6.45, 7) is 6.34. The van der Waals surface area contributed by atoms with Crippen molar-refractivity contribution in [1.29, 1.82) is 0 Å². The zero-order chi connectivity index (χ0) is 24.4. The summed E-state index contributed by atoms with van der Waals surface area (Å²) in [6.07, 6.45) is 0. The van der Waals surface area contributed by atoms with Crippen LogP contribution >= 0.6 is 0 Å². The number of ether oxygens (including phenoxy) is 1. The fraction of sp³-hybridized carbons (Fsp3) is 0.375. The molecule has 0 radical (unpaired) electrons. The van der Waals surface area contributed by atoms with Crippen molar-refractivity contribution < 1.29 is 24.0 Å². The maximum atomic E-state index is 13.0. The van der Waals surface area contributed by atoms with E-state index in [1.165, 1.54) is 25.1 Å². The molecule has 2 aliphatic rings. The van der Waals surface area contributed by atoms with Crippen molar-refractivity contribution >= 4 is 23.4 Å². The van der Waals surface area contributed by atoms with E-state index in [0.29, 0.717) is 26.3 Å². The van der Waals surface area contributed by atoms with E-state index >= 15 is 0 Å². The largest absolute Gasteiger partial charge is 0.379 e. The lowest BCUT2D eigenvalue weighted by Gasteiger charge is -2.35. The number of hydrogen-bond acceptors (Lipinski definition) is 7. The third kappa shape index (κ3) is 4.42. The summed E-state index contributed by atoms with van der Waals surface area (Å²) in [5.74, 6) is -2.06. The second kappa shape index (κ2) is 9.70. The third-order valence-corrected chi connectivity index (χ3v) is 6.31. The Bertz CT molecular complexity index is 1130. The van der Waals surface area contributed by atoms with Gasteiger partial charge >= 0.3 is 0 Å². The minimum absolute atomic E-state index is 0.0651. The van der Waals surface area contributed by atoms with Crippen LogP contribution in [-0.2, 0) is 9.53 Å². The van der Waals surface area contributed by atoms with E-state index in [0.717, 1.165) is 16.0 Å². The Balaban J connectivity index is 1.50. The molecule has 1 fully saturated rings. The molecule has 0 bridgehead atoms. The fourth-order valence-corrected chi connectivity index (χ4v) is 4.39. The lowest BCUT2D eigenvalue weighted by atomic mass is 10.0. The van der Waals surface area contributed by atoms with Crippen molar-refractivity contribution in [3.63, 3.8) is 0 Å². The average Bonchev–Trinajstić information content (AvgIpc) is 3.10. The molecule has 2 aliphatic heterocycles. The Hall–Kier alpha value is -3.63. The Morgan fingerprint density at radius 1 is 1.12 bits per heavy atom. The summed E-state index contributed by atoms with van der Waals surface area (Å²) < 4.78 is 5.46. The predicted molar refractivity (Wildman–Crippen MR) is 122 cm³/mol. The van der Waals surface area contributed by atoms with Crippen LogP contribution in [0.4, 0.5) is 5.69 Å². The third-order valence-electron chi connectivity index (χ3n) is 6.31. The molecule has 0 spiro atoms. The van der Waals surface area contributed by atoms with E-state index in [-0.39, 0.29) is 23.7 Å². The van der Waals surface area contributed by atoms with Gasteiger partial charge in [-0.25, -0.2) is 0 Å². The van der Waals surface area contributed by atoms with Crippen molar-refractivity contribution in [3.05, 3.63) is 74.8 Å². The number of imide groups is 1. The molecule has 0 aliphatic carbocycles. The molecule has 10 heteroatoms. The topological polar surface area (TPSA) is 122 Å². The van der Waals surface area contributed by atoms with Crippen LogP contribution in [0.15, 0.2) is 42.5 Å². The van der Waals surface area contributed by atoms with Crippen LogP contribution in [0.25, 0.3) is 0 Å². The van der Waals surface area contributed by atoms with Crippen LogP contribution in [0.3, 0.4) is 0 Å². The first-order valence-electron chi connectivity index (χ1n) is 11.1. The van der Waals surface area contributed by atoms with E-state index in [9.17, 15) is 24.5 Å². The van der Waals surface area contributed by atoms with Crippen molar-refractivity contribution in [2.45, 2.75) is 25.9 Å². The number of aryl methyl sites for hydroxylation is 1. The van der Waals surface area contributed by atoms with E-state index in [1.54, 1.807) is 0 Å². The molecule has 3 amide bonds. The van der Waals surface area contributed by atoms with Gasteiger partial charge < -0.3 is 10.1 Å².